The van der Waals surface area contributed by atoms with E-state index in [1.165, 1.54) is 12.4 Å². The number of fused-ring (bicyclic) bond motifs is 1. The Morgan fingerprint density at radius 2 is 1.86 bits per heavy atom. The zero-order valence-corrected chi connectivity index (χ0v) is 15.8. The van der Waals surface area contributed by atoms with Gasteiger partial charge in [0.25, 0.3) is 0 Å². The third-order valence-corrected chi connectivity index (χ3v) is 5.19. The number of hydrogen-bond donors (Lipinski definition) is 1. The highest BCUT2D eigenvalue weighted by atomic mass is 19.1. The lowest BCUT2D eigenvalue weighted by Crippen LogP contribution is -2.19. The number of hydrogen-bond acceptors (Lipinski definition) is 5. The minimum Gasteiger partial charge on any atom is -0.437 e. The molecule has 146 valence electrons. The first-order chi connectivity index (χ1) is 14.3. The monoisotopic (exact) mass is 389 g/mol. The molecule has 6 heteroatoms. The fourth-order valence-corrected chi connectivity index (χ4v) is 3.80. The van der Waals surface area contributed by atoms with Crippen molar-refractivity contribution in [3.05, 3.63) is 66.7 Å². The lowest BCUT2D eigenvalue weighted by atomic mass is 9.99. The Morgan fingerprint density at radius 3 is 2.66 bits per heavy atom. The van der Waals surface area contributed by atoms with Crippen LogP contribution in [0.4, 0.5) is 10.2 Å². The van der Waals surface area contributed by atoms with Gasteiger partial charge in [-0.05, 0) is 18.9 Å². The number of nitrogens with zero attached hydrogens (tertiary/aromatic N) is 2. The Balaban J connectivity index is 1.70. The van der Waals surface area contributed by atoms with Crippen molar-refractivity contribution >= 4 is 16.9 Å². The molecule has 0 radical (unpaired) electrons. The molecule has 1 aliphatic rings. The molecular weight excluding hydrogens is 369 g/mol. The molecule has 2 aromatic heterocycles. The zero-order chi connectivity index (χ0) is 19.6. The smallest absolute Gasteiger partial charge is 0.232 e. The van der Waals surface area contributed by atoms with Crippen LogP contribution in [0.1, 0.15) is 12.8 Å². The molecule has 5 nitrogen and oxygen atoms in total. The number of ether oxygens (including phenoxy) is 1. The first kappa shape index (κ1) is 17.8. The van der Waals surface area contributed by atoms with E-state index in [9.17, 15) is 4.39 Å². The lowest BCUT2D eigenvalue weighted by molar-refractivity contribution is 0.120. The van der Waals surface area contributed by atoms with E-state index in [1.54, 1.807) is 12.1 Å². The third kappa shape index (κ3) is 3.36. The first-order valence-electron chi connectivity index (χ1n) is 9.74. The standard InChI is InChI=1S/C23H20FN3O2/c24-18-11-5-4-10-17(18)19-20-22(25-13-16-9-6-12-28-16)26-14-27-23(20)29-21(19)15-7-2-1-3-8-15/h1-5,7-8,10-11,14,16H,6,9,12-13H2,(H,25,26,27). The van der Waals surface area contributed by atoms with Gasteiger partial charge >= 0.3 is 0 Å². The summed E-state index contributed by atoms with van der Waals surface area (Å²) in [5.41, 5.74) is 2.39. The molecule has 0 saturated carbocycles. The van der Waals surface area contributed by atoms with E-state index in [2.05, 4.69) is 15.3 Å². The highest BCUT2D eigenvalue weighted by Crippen LogP contribution is 2.43. The molecule has 1 atom stereocenters. The van der Waals surface area contributed by atoms with Crippen molar-refractivity contribution in [3.63, 3.8) is 0 Å². The molecule has 1 N–H and O–H groups in total. The van der Waals surface area contributed by atoms with Crippen LogP contribution in [-0.4, -0.2) is 29.2 Å². The van der Waals surface area contributed by atoms with E-state index >= 15 is 0 Å². The normalized spacial score (nSPS) is 16.4. The molecule has 1 saturated heterocycles. The average Bonchev–Trinajstić information content (AvgIpc) is 3.41. The summed E-state index contributed by atoms with van der Waals surface area (Å²) in [7, 11) is 0. The van der Waals surface area contributed by atoms with Crippen LogP contribution in [0.15, 0.2) is 65.3 Å². The fraction of sp³-hybridized carbons (Fsp3) is 0.217. The largest absolute Gasteiger partial charge is 0.437 e. The Bertz CT molecular complexity index is 1140. The molecule has 1 fully saturated rings. The molecule has 5 rings (SSSR count). The SMILES string of the molecule is Fc1ccccc1-c1c(-c2ccccc2)oc2ncnc(NCC3CCCO3)c12. The Labute approximate surface area is 167 Å². The van der Waals surface area contributed by atoms with Crippen LogP contribution < -0.4 is 5.32 Å². The molecule has 1 aliphatic heterocycles. The Hall–Kier alpha value is -3.25. The Kier molecular flexibility index (Phi) is 4.69. The molecule has 0 amide bonds. The summed E-state index contributed by atoms with van der Waals surface area (Å²) in [6.07, 6.45) is 3.69. The van der Waals surface area contributed by atoms with Crippen LogP contribution in [0, 0.1) is 5.82 Å². The maximum Gasteiger partial charge on any atom is 0.232 e. The second-order valence-corrected chi connectivity index (χ2v) is 7.07. The highest BCUT2D eigenvalue weighted by Gasteiger charge is 2.24. The van der Waals surface area contributed by atoms with E-state index in [0.717, 1.165) is 25.0 Å². The zero-order valence-electron chi connectivity index (χ0n) is 15.8. The van der Waals surface area contributed by atoms with Crippen LogP contribution in [0.5, 0.6) is 0 Å². The molecule has 4 aromatic rings. The van der Waals surface area contributed by atoms with Gasteiger partial charge in [-0.3, -0.25) is 0 Å². The van der Waals surface area contributed by atoms with Crippen molar-refractivity contribution in [2.45, 2.75) is 18.9 Å². The van der Waals surface area contributed by atoms with Gasteiger partial charge in [0.05, 0.1) is 11.5 Å². The molecule has 1 unspecified atom stereocenters. The predicted octanol–water partition coefficient (Wildman–Crippen LogP) is 5.29. The molecule has 3 heterocycles. The molecule has 2 aromatic carbocycles. The molecule has 0 aliphatic carbocycles. The number of rotatable bonds is 5. The third-order valence-electron chi connectivity index (χ3n) is 5.19. The number of anilines is 1. The van der Waals surface area contributed by atoms with E-state index in [1.807, 2.05) is 36.4 Å². The summed E-state index contributed by atoms with van der Waals surface area (Å²) in [5.74, 6) is 0.877. The van der Waals surface area contributed by atoms with E-state index < -0.39 is 0 Å². The summed E-state index contributed by atoms with van der Waals surface area (Å²) in [6.45, 7) is 1.42. The number of benzene rings is 2. The quantitative estimate of drug-likeness (QED) is 0.503. The fourth-order valence-electron chi connectivity index (χ4n) is 3.80. The number of furan rings is 1. The number of halogens is 1. The van der Waals surface area contributed by atoms with Gasteiger partial charge in [-0.1, -0.05) is 48.5 Å². The second-order valence-electron chi connectivity index (χ2n) is 7.07. The summed E-state index contributed by atoms with van der Waals surface area (Å²) in [6, 6.07) is 16.4. The van der Waals surface area contributed by atoms with Crippen LogP contribution in [0.25, 0.3) is 33.6 Å². The second kappa shape index (κ2) is 7.64. The van der Waals surface area contributed by atoms with Gasteiger partial charge in [0, 0.05) is 29.8 Å². The van der Waals surface area contributed by atoms with Gasteiger partial charge in [0.1, 0.15) is 23.7 Å². The number of aromatic nitrogens is 2. The van der Waals surface area contributed by atoms with Crippen molar-refractivity contribution in [1.29, 1.82) is 0 Å². The number of nitrogens with one attached hydrogen (secondary N) is 1. The average molecular weight is 389 g/mol. The molecule has 0 bridgehead atoms. The van der Waals surface area contributed by atoms with Crippen molar-refractivity contribution in [2.24, 2.45) is 0 Å². The van der Waals surface area contributed by atoms with Gasteiger partial charge in [-0.15, -0.1) is 0 Å². The van der Waals surface area contributed by atoms with Crippen LogP contribution in [0.3, 0.4) is 0 Å². The van der Waals surface area contributed by atoms with Gasteiger partial charge in [0.2, 0.25) is 5.71 Å². The maximum absolute atomic E-state index is 14.8. The van der Waals surface area contributed by atoms with Crippen molar-refractivity contribution in [3.8, 4) is 22.5 Å². The van der Waals surface area contributed by atoms with Gasteiger partial charge in [-0.2, -0.15) is 0 Å². The lowest BCUT2D eigenvalue weighted by Gasteiger charge is -2.12. The summed E-state index contributed by atoms with van der Waals surface area (Å²) in [5, 5.41) is 4.04. The van der Waals surface area contributed by atoms with E-state index in [4.69, 9.17) is 9.15 Å². The van der Waals surface area contributed by atoms with Crippen molar-refractivity contribution in [1.82, 2.24) is 9.97 Å². The maximum atomic E-state index is 14.8. The van der Waals surface area contributed by atoms with Gasteiger partial charge in [-0.25, -0.2) is 14.4 Å². The Morgan fingerprint density at radius 1 is 1.03 bits per heavy atom. The van der Waals surface area contributed by atoms with Crippen molar-refractivity contribution in [2.75, 3.05) is 18.5 Å². The molecular formula is C23H20FN3O2. The van der Waals surface area contributed by atoms with Crippen LogP contribution >= 0.6 is 0 Å². The minimum atomic E-state index is -0.318. The topological polar surface area (TPSA) is 60.2 Å². The van der Waals surface area contributed by atoms with E-state index in [0.29, 0.717) is 40.3 Å². The molecule has 29 heavy (non-hydrogen) atoms. The summed E-state index contributed by atoms with van der Waals surface area (Å²) < 4.78 is 26.6. The summed E-state index contributed by atoms with van der Waals surface area (Å²) in [4.78, 5) is 8.74. The van der Waals surface area contributed by atoms with Crippen LogP contribution in [-0.2, 0) is 4.74 Å². The van der Waals surface area contributed by atoms with Gasteiger partial charge in [0.15, 0.2) is 0 Å². The van der Waals surface area contributed by atoms with E-state index in [-0.39, 0.29) is 11.9 Å². The first-order valence-corrected chi connectivity index (χ1v) is 9.74. The van der Waals surface area contributed by atoms with Gasteiger partial charge < -0.3 is 14.5 Å². The minimum absolute atomic E-state index is 0.150. The summed E-state index contributed by atoms with van der Waals surface area (Å²) >= 11 is 0. The highest BCUT2D eigenvalue weighted by molar-refractivity contribution is 6.05. The van der Waals surface area contributed by atoms with Crippen molar-refractivity contribution < 1.29 is 13.5 Å². The molecule has 0 spiro atoms. The predicted molar refractivity (Wildman–Crippen MR) is 110 cm³/mol. The van der Waals surface area contributed by atoms with Crippen LogP contribution in [0.2, 0.25) is 0 Å².